The second-order valence-electron chi connectivity index (χ2n) is 6.48. The van der Waals surface area contributed by atoms with Crippen molar-refractivity contribution in [3.8, 4) is 5.75 Å². The molecule has 0 saturated carbocycles. The third-order valence-electron chi connectivity index (χ3n) is 4.55. The summed E-state index contributed by atoms with van der Waals surface area (Å²) in [6, 6.07) is 23.1. The van der Waals surface area contributed by atoms with Gasteiger partial charge in [-0.2, -0.15) is 0 Å². The molecule has 0 bridgehead atoms. The number of nitrogens with one attached hydrogen (secondary N) is 1. The molecule has 144 valence electrons. The van der Waals surface area contributed by atoms with Crippen molar-refractivity contribution >= 4 is 11.6 Å². The fourth-order valence-corrected chi connectivity index (χ4v) is 3.08. The van der Waals surface area contributed by atoms with Gasteiger partial charge >= 0.3 is 0 Å². The largest absolute Gasteiger partial charge is 0.497 e. The van der Waals surface area contributed by atoms with E-state index in [2.05, 4.69) is 5.32 Å². The number of quaternary nitrogens is 1. The van der Waals surface area contributed by atoms with Crippen molar-refractivity contribution in [3.05, 3.63) is 95.8 Å². The van der Waals surface area contributed by atoms with E-state index in [1.54, 1.807) is 25.3 Å². The summed E-state index contributed by atoms with van der Waals surface area (Å²) in [7, 11) is 1.59. The monoisotopic (exact) mass is 379 g/mol. The van der Waals surface area contributed by atoms with Gasteiger partial charge in [0.1, 0.15) is 11.6 Å². The highest BCUT2D eigenvalue weighted by molar-refractivity contribution is 5.94. The summed E-state index contributed by atoms with van der Waals surface area (Å²) < 4.78 is 19.1. The lowest BCUT2D eigenvalue weighted by molar-refractivity contribution is -0.682. The summed E-state index contributed by atoms with van der Waals surface area (Å²) >= 11 is 0. The molecule has 3 aromatic rings. The van der Waals surface area contributed by atoms with Gasteiger partial charge in [0.05, 0.1) is 13.7 Å². The van der Waals surface area contributed by atoms with Crippen LogP contribution in [-0.2, 0) is 11.2 Å². The maximum Gasteiger partial charge on any atom is 0.287 e. The topological polar surface area (TPSA) is 54.9 Å². The molecule has 0 aliphatic rings. The zero-order valence-corrected chi connectivity index (χ0v) is 15.8. The molecule has 0 saturated heterocycles. The molecule has 0 aliphatic heterocycles. The lowest BCUT2D eigenvalue weighted by Gasteiger charge is -2.16. The molecule has 3 N–H and O–H groups in total. The molecule has 0 aromatic heterocycles. The van der Waals surface area contributed by atoms with E-state index >= 15 is 0 Å². The molecule has 0 fully saturated rings. The lowest BCUT2D eigenvalue weighted by Crippen LogP contribution is -2.87. The molecule has 4 nitrogen and oxygen atoms in total. The first kappa shape index (κ1) is 19.6. The van der Waals surface area contributed by atoms with Gasteiger partial charge in [-0.25, -0.2) is 4.39 Å². The van der Waals surface area contributed by atoms with Gasteiger partial charge in [0, 0.05) is 23.7 Å². The summed E-state index contributed by atoms with van der Waals surface area (Å²) in [6.07, 6.45) is 0.544. The third-order valence-corrected chi connectivity index (χ3v) is 4.55. The first-order chi connectivity index (χ1) is 13.7. The zero-order chi connectivity index (χ0) is 19.8. The Balaban J connectivity index is 1.71. The molecule has 0 unspecified atom stereocenters. The quantitative estimate of drug-likeness (QED) is 0.631. The van der Waals surface area contributed by atoms with Crippen LogP contribution in [0.3, 0.4) is 0 Å². The first-order valence-corrected chi connectivity index (χ1v) is 9.24. The van der Waals surface area contributed by atoms with Gasteiger partial charge in [-0.05, 0) is 23.8 Å². The smallest absolute Gasteiger partial charge is 0.287 e. The third kappa shape index (κ3) is 5.18. The van der Waals surface area contributed by atoms with Crippen molar-refractivity contribution in [1.82, 2.24) is 0 Å². The van der Waals surface area contributed by atoms with Crippen LogP contribution in [0.5, 0.6) is 5.75 Å². The molecular weight excluding hydrogens is 355 g/mol. The molecule has 5 heteroatoms. The maximum atomic E-state index is 13.8. The summed E-state index contributed by atoms with van der Waals surface area (Å²) in [5, 5.41) is 4.89. The average molecular weight is 379 g/mol. The molecule has 3 rings (SSSR count). The molecule has 0 aliphatic carbocycles. The Morgan fingerprint density at radius 1 is 1.04 bits per heavy atom. The van der Waals surface area contributed by atoms with Crippen LogP contribution in [0.2, 0.25) is 0 Å². The van der Waals surface area contributed by atoms with E-state index in [0.29, 0.717) is 30.0 Å². The van der Waals surface area contributed by atoms with Crippen molar-refractivity contribution in [2.45, 2.75) is 12.5 Å². The number of rotatable bonds is 8. The second kappa shape index (κ2) is 9.67. The highest BCUT2D eigenvalue weighted by Crippen LogP contribution is 2.18. The number of ether oxygens (including phenoxy) is 1. The average Bonchev–Trinajstić information content (AvgIpc) is 2.73. The first-order valence-electron chi connectivity index (χ1n) is 9.24. The van der Waals surface area contributed by atoms with Crippen LogP contribution in [0.25, 0.3) is 0 Å². The number of halogens is 1. The predicted octanol–water partition coefficient (Wildman–Crippen LogP) is 3.32. The Morgan fingerprint density at radius 2 is 1.79 bits per heavy atom. The molecule has 3 aromatic carbocycles. The van der Waals surface area contributed by atoms with Gasteiger partial charge in [-0.15, -0.1) is 0 Å². The van der Waals surface area contributed by atoms with E-state index < -0.39 is 6.04 Å². The van der Waals surface area contributed by atoms with Crippen LogP contribution >= 0.6 is 0 Å². The van der Waals surface area contributed by atoms with E-state index in [0.717, 1.165) is 5.56 Å². The number of anilines is 1. The van der Waals surface area contributed by atoms with Gasteiger partial charge in [0.25, 0.3) is 5.91 Å². The van der Waals surface area contributed by atoms with Crippen LogP contribution in [-0.4, -0.2) is 19.6 Å². The summed E-state index contributed by atoms with van der Waals surface area (Å²) in [5.74, 6) is 0.332. The van der Waals surface area contributed by atoms with Gasteiger partial charge in [0.15, 0.2) is 6.04 Å². The van der Waals surface area contributed by atoms with E-state index in [1.165, 1.54) is 6.07 Å². The Hall–Kier alpha value is -3.18. The highest BCUT2D eigenvalue weighted by atomic mass is 19.1. The standard InChI is InChI=1S/C23H23FN2O2/c1-28-20-12-7-11-19(16-20)26-23(27)22(18-9-3-2-4-10-18)25-15-14-17-8-5-6-13-21(17)24/h2-13,16,22,25H,14-15H2,1H3,(H,26,27)/p+1/t22-/m1/s1. The number of nitrogens with two attached hydrogens (primary N) is 1. The minimum absolute atomic E-state index is 0.131. The van der Waals surface area contributed by atoms with Crippen LogP contribution < -0.4 is 15.4 Å². The minimum Gasteiger partial charge on any atom is -0.497 e. The van der Waals surface area contributed by atoms with E-state index in [1.807, 2.05) is 59.9 Å². The Bertz CT molecular complexity index is 915. The van der Waals surface area contributed by atoms with Gasteiger partial charge in [-0.1, -0.05) is 54.6 Å². The molecule has 28 heavy (non-hydrogen) atoms. The van der Waals surface area contributed by atoms with Crippen molar-refractivity contribution in [3.63, 3.8) is 0 Å². The number of carbonyl (C=O) groups is 1. The fourth-order valence-electron chi connectivity index (χ4n) is 3.08. The molecule has 1 amide bonds. The van der Waals surface area contributed by atoms with Gasteiger partial charge < -0.3 is 15.4 Å². The number of carbonyl (C=O) groups excluding carboxylic acids is 1. The Kier molecular flexibility index (Phi) is 6.76. The fraction of sp³-hybridized carbons (Fsp3) is 0.174. The SMILES string of the molecule is COc1cccc(NC(=O)[C@H]([NH2+]CCc2ccccc2F)c2ccccc2)c1. The molecular formula is C23H24FN2O2+. The molecule has 0 heterocycles. The van der Waals surface area contributed by atoms with Gasteiger partial charge in [0.2, 0.25) is 0 Å². The van der Waals surface area contributed by atoms with E-state index in [9.17, 15) is 9.18 Å². The molecule has 0 spiro atoms. The van der Waals surface area contributed by atoms with E-state index in [4.69, 9.17) is 4.74 Å². The maximum absolute atomic E-state index is 13.8. The van der Waals surface area contributed by atoms with Crippen molar-refractivity contribution in [2.75, 3.05) is 19.0 Å². The van der Waals surface area contributed by atoms with Crippen molar-refractivity contribution in [1.29, 1.82) is 0 Å². The van der Waals surface area contributed by atoms with Crippen molar-refractivity contribution in [2.24, 2.45) is 0 Å². The normalized spacial score (nSPS) is 11.6. The van der Waals surface area contributed by atoms with Crippen LogP contribution in [0.1, 0.15) is 17.2 Å². The minimum atomic E-state index is -0.431. The van der Waals surface area contributed by atoms with Crippen LogP contribution in [0, 0.1) is 5.82 Å². The Labute approximate surface area is 164 Å². The summed E-state index contributed by atoms with van der Waals surface area (Å²) in [6.45, 7) is 0.589. The number of amides is 1. The highest BCUT2D eigenvalue weighted by Gasteiger charge is 2.24. The van der Waals surface area contributed by atoms with Gasteiger partial charge in [-0.3, -0.25) is 4.79 Å². The van der Waals surface area contributed by atoms with E-state index in [-0.39, 0.29) is 11.7 Å². The summed E-state index contributed by atoms with van der Waals surface area (Å²) in [5.41, 5.74) is 2.22. The summed E-state index contributed by atoms with van der Waals surface area (Å²) in [4.78, 5) is 13.0. The van der Waals surface area contributed by atoms with Crippen LogP contribution in [0.4, 0.5) is 10.1 Å². The Morgan fingerprint density at radius 3 is 2.54 bits per heavy atom. The number of methoxy groups -OCH3 is 1. The number of benzene rings is 3. The second-order valence-corrected chi connectivity index (χ2v) is 6.48. The zero-order valence-electron chi connectivity index (χ0n) is 15.8. The number of hydrogen-bond acceptors (Lipinski definition) is 2. The van der Waals surface area contributed by atoms with Crippen LogP contribution in [0.15, 0.2) is 78.9 Å². The van der Waals surface area contributed by atoms with Crippen molar-refractivity contribution < 1.29 is 19.2 Å². The number of hydrogen-bond donors (Lipinski definition) is 2. The lowest BCUT2D eigenvalue weighted by atomic mass is 10.1. The predicted molar refractivity (Wildman–Crippen MR) is 108 cm³/mol. The molecule has 1 atom stereocenters. The molecule has 0 radical (unpaired) electrons.